The Morgan fingerprint density at radius 2 is 1.92 bits per heavy atom. The maximum atomic E-state index is 12.2. The van der Waals surface area contributed by atoms with E-state index in [1.54, 1.807) is 6.07 Å². The van der Waals surface area contributed by atoms with E-state index in [1.807, 2.05) is 22.9 Å². The molecule has 0 saturated carbocycles. The molecule has 4 heteroatoms. The second kappa shape index (κ2) is 6.00. The molecule has 0 unspecified atom stereocenters. The molecule has 0 aliphatic carbocycles. The van der Waals surface area contributed by atoms with Gasteiger partial charge in [-0.05, 0) is 36.3 Å². The standard InChI is InChI=1S/C20H25N3O/c1-13(2)10-17-15-7-9-23-14(12-20(3,4)5)11-18(24)22-19(23)16(15)6-8-21-17/h6-9,11,13H,10,12H2,1-5H3. The minimum absolute atomic E-state index is 0.101. The molecule has 0 fully saturated rings. The minimum Gasteiger partial charge on any atom is -0.305 e. The topological polar surface area (TPSA) is 47.3 Å². The van der Waals surface area contributed by atoms with Gasteiger partial charge in [0.25, 0.3) is 5.56 Å². The quantitative estimate of drug-likeness (QED) is 0.684. The fourth-order valence-electron chi connectivity index (χ4n) is 3.17. The number of aromatic nitrogens is 3. The van der Waals surface area contributed by atoms with Gasteiger partial charge >= 0.3 is 0 Å². The molecule has 126 valence electrons. The summed E-state index contributed by atoms with van der Waals surface area (Å²) in [5.74, 6) is 0.529. The number of hydrogen-bond donors (Lipinski definition) is 0. The molecule has 3 heterocycles. The number of nitrogens with zero attached hydrogens (tertiary/aromatic N) is 3. The Labute approximate surface area is 142 Å². The molecule has 3 aromatic rings. The summed E-state index contributed by atoms with van der Waals surface area (Å²) in [5, 5.41) is 2.09. The largest absolute Gasteiger partial charge is 0.305 e. The molecule has 3 rings (SSSR count). The van der Waals surface area contributed by atoms with Crippen LogP contribution in [-0.2, 0) is 12.8 Å². The van der Waals surface area contributed by atoms with Gasteiger partial charge in [-0.2, -0.15) is 4.98 Å². The third kappa shape index (κ3) is 3.32. The van der Waals surface area contributed by atoms with Crippen LogP contribution in [0.25, 0.3) is 16.4 Å². The molecule has 0 aliphatic heterocycles. The summed E-state index contributed by atoms with van der Waals surface area (Å²) in [7, 11) is 0. The third-order valence-electron chi connectivity index (χ3n) is 4.06. The van der Waals surface area contributed by atoms with Gasteiger partial charge in [-0.1, -0.05) is 34.6 Å². The molecule has 4 nitrogen and oxygen atoms in total. The van der Waals surface area contributed by atoms with E-state index in [4.69, 9.17) is 0 Å². The summed E-state index contributed by atoms with van der Waals surface area (Å²) in [6.45, 7) is 10.9. The Morgan fingerprint density at radius 3 is 2.58 bits per heavy atom. The summed E-state index contributed by atoms with van der Waals surface area (Å²) in [4.78, 5) is 21.0. The van der Waals surface area contributed by atoms with Gasteiger partial charge < -0.3 is 4.40 Å². The fourth-order valence-corrected chi connectivity index (χ4v) is 3.17. The predicted octanol–water partition coefficient (Wildman–Crippen LogP) is 4.03. The average Bonchev–Trinajstić information content (AvgIpc) is 2.45. The van der Waals surface area contributed by atoms with Gasteiger partial charge in [-0.25, -0.2) is 0 Å². The summed E-state index contributed by atoms with van der Waals surface area (Å²) >= 11 is 0. The lowest BCUT2D eigenvalue weighted by Gasteiger charge is -2.20. The van der Waals surface area contributed by atoms with Gasteiger partial charge in [-0.15, -0.1) is 0 Å². The van der Waals surface area contributed by atoms with Crippen molar-refractivity contribution in [3.8, 4) is 0 Å². The molecule has 3 aromatic heterocycles. The van der Waals surface area contributed by atoms with E-state index in [9.17, 15) is 4.79 Å². The first-order valence-electron chi connectivity index (χ1n) is 8.53. The van der Waals surface area contributed by atoms with E-state index < -0.39 is 0 Å². The van der Waals surface area contributed by atoms with Gasteiger partial charge in [0.05, 0.1) is 0 Å². The molecular weight excluding hydrogens is 298 g/mol. The Bertz CT molecular complexity index is 949. The van der Waals surface area contributed by atoms with E-state index in [0.29, 0.717) is 5.92 Å². The minimum atomic E-state index is -0.177. The Balaban J connectivity index is 2.30. The van der Waals surface area contributed by atoms with E-state index in [1.165, 1.54) is 0 Å². The number of rotatable bonds is 3. The lowest BCUT2D eigenvalue weighted by Crippen LogP contribution is -2.18. The van der Waals surface area contributed by atoms with Crippen molar-refractivity contribution in [3.05, 3.63) is 52.3 Å². The molecule has 0 bridgehead atoms. The van der Waals surface area contributed by atoms with Crippen molar-refractivity contribution in [2.45, 2.75) is 47.5 Å². The van der Waals surface area contributed by atoms with Gasteiger partial charge in [0.15, 0.2) is 0 Å². The van der Waals surface area contributed by atoms with Crippen LogP contribution < -0.4 is 5.56 Å². The van der Waals surface area contributed by atoms with Crippen LogP contribution in [0.2, 0.25) is 0 Å². The summed E-state index contributed by atoms with van der Waals surface area (Å²) < 4.78 is 2.05. The second-order valence-corrected chi connectivity index (χ2v) is 8.15. The lowest BCUT2D eigenvalue weighted by molar-refractivity contribution is 0.404. The monoisotopic (exact) mass is 323 g/mol. The Morgan fingerprint density at radius 1 is 1.17 bits per heavy atom. The maximum Gasteiger partial charge on any atom is 0.273 e. The molecular formula is C20H25N3O. The predicted molar refractivity (Wildman–Crippen MR) is 98.5 cm³/mol. The number of pyridine rings is 2. The highest BCUT2D eigenvalue weighted by Gasteiger charge is 2.16. The molecule has 0 atom stereocenters. The first kappa shape index (κ1) is 16.6. The molecule has 0 amide bonds. The van der Waals surface area contributed by atoms with Crippen LogP contribution in [0.3, 0.4) is 0 Å². The summed E-state index contributed by atoms with van der Waals surface area (Å²) in [6, 6.07) is 5.72. The molecule has 0 aromatic carbocycles. The molecule has 0 saturated heterocycles. The maximum absolute atomic E-state index is 12.2. The van der Waals surface area contributed by atoms with Gasteiger partial charge in [0.2, 0.25) is 0 Å². The average molecular weight is 323 g/mol. The van der Waals surface area contributed by atoms with Crippen LogP contribution in [0.4, 0.5) is 0 Å². The third-order valence-corrected chi connectivity index (χ3v) is 4.06. The normalized spacial score (nSPS) is 12.4. The number of hydrogen-bond acceptors (Lipinski definition) is 3. The Hall–Kier alpha value is -2.23. The van der Waals surface area contributed by atoms with Crippen LogP contribution in [0.5, 0.6) is 0 Å². The van der Waals surface area contributed by atoms with Crippen molar-refractivity contribution >= 4 is 16.4 Å². The zero-order valence-corrected chi connectivity index (χ0v) is 15.1. The van der Waals surface area contributed by atoms with Crippen molar-refractivity contribution < 1.29 is 0 Å². The van der Waals surface area contributed by atoms with Gasteiger partial charge in [0, 0.05) is 40.6 Å². The van der Waals surface area contributed by atoms with Crippen LogP contribution in [0.1, 0.15) is 46.0 Å². The van der Waals surface area contributed by atoms with Crippen LogP contribution >= 0.6 is 0 Å². The Kier molecular flexibility index (Phi) is 4.16. The van der Waals surface area contributed by atoms with Crippen molar-refractivity contribution in [2.24, 2.45) is 11.3 Å². The SMILES string of the molecule is CC(C)Cc1nccc2c1ccn1c(CC(C)(C)C)cc(=O)nc21. The van der Waals surface area contributed by atoms with E-state index in [0.717, 1.165) is 40.6 Å². The smallest absolute Gasteiger partial charge is 0.273 e. The molecule has 0 N–H and O–H groups in total. The molecule has 0 aliphatic rings. The van der Waals surface area contributed by atoms with Gasteiger partial charge in [0.1, 0.15) is 5.65 Å². The summed E-state index contributed by atoms with van der Waals surface area (Å²) in [5.41, 5.74) is 2.72. The van der Waals surface area contributed by atoms with Crippen LogP contribution in [-0.4, -0.2) is 14.4 Å². The van der Waals surface area contributed by atoms with Crippen molar-refractivity contribution in [3.63, 3.8) is 0 Å². The van der Waals surface area contributed by atoms with E-state index in [-0.39, 0.29) is 11.0 Å². The molecule has 24 heavy (non-hydrogen) atoms. The van der Waals surface area contributed by atoms with Crippen molar-refractivity contribution in [2.75, 3.05) is 0 Å². The van der Waals surface area contributed by atoms with Gasteiger partial charge in [-0.3, -0.25) is 9.78 Å². The fraction of sp³-hybridized carbons (Fsp3) is 0.450. The van der Waals surface area contributed by atoms with Crippen molar-refractivity contribution in [1.82, 2.24) is 14.4 Å². The van der Waals surface area contributed by atoms with Crippen molar-refractivity contribution in [1.29, 1.82) is 0 Å². The zero-order valence-electron chi connectivity index (χ0n) is 15.1. The van der Waals surface area contributed by atoms with E-state index in [2.05, 4.69) is 50.7 Å². The van der Waals surface area contributed by atoms with Crippen LogP contribution in [0, 0.1) is 11.3 Å². The van der Waals surface area contributed by atoms with Crippen LogP contribution in [0.15, 0.2) is 35.4 Å². The molecule has 0 radical (unpaired) electrons. The first-order chi connectivity index (χ1) is 11.2. The highest BCUT2D eigenvalue weighted by atomic mass is 16.1. The summed E-state index contributed by atoms with van der Waals surface area (Å²) in [6.07, 6.45) is 5.58. The first-order valence-corrected chi connectivity index (χ1v) is 8.53. The molecule has 0 spiro atoms. The number of fused-ring (bicyclic) bond motifs is 3. The highest BCUT2D eigenvalue weighted by Crippen LogP contribution is 2.25. The lowest BCUT2D eigenvalue weighted by atomic mass is 9.90. The zero-order chi connectivity index (χ0) is 17.5. The van der Waals surface area contributed by atoms with E-state index >= 15 is 0 Å². The second-order valence-electron chi connectivity index (χ2n) is 8.15. The highest BCUT2D eigenvalue weighted by molar-refractivity contribution is 5.95.